The Labute approximate surface area is 334 Å². The molecule has 4 aromatic carbocycles. The topological polar surface area (TPSA) is 169 Å². The zero-order valence-electron chi connectivity index (χ0n) is 31.1. The molecular weight excluding hydrogens is 745 g/mol. The summed E-state index contributed by atoms with van der Waals surface area (Å²) in [6.45, 7) is 0.496. The second kappa shape index (κ2) is 15.5. The van der Waals surface area contributed by atoms with E-state index in [2.05, 4.69) is 22.8 Å². The summed E-state index contributed by atoms with van der Waals surface area (Å²) in [6, 6.07) is 24.6. The van der Waals surface area contributed by atoms with Gasteiger partial charge in [-0.1, -0.05) is 24.3 Å². The smallest absolute Gasteiger partial charge is 0.260 e. The highest BCUT2D eigenvalue weighted by atomic mass is 32.1. The summed E-state index contributed by atoms with van der Waals surface area (Å²) in [4.78, 5) is 30.9. The number of thiol groups is 1. The average Bonchev–Trinajstić information content (AvgIpc) is 3.86. The molecule has 4 atom stereocenters. The molecule has 4 aromatic rings. The van der Waals surface area contributed by atoms with Crippen molar-refractivity contribution >= 4 is 47.0 Å². The molecule has 288 valence electrons. The lowest BCUT2D eigenvalue weighted by atomic mass is 10.0. The summed E-state index contributed by atoms with van der Waals surface area (Å²) in [7, 11) is 3.01. The van der Waals surface area contributed by atoms with Gasteiger partial charge in [-0.25, -0.2) is 0 Å². The quantitative estimate of drug-likeness (QED) is 0.106. The number of nitriles is 2. The van der Waals surface area contributed by atoms with E-state index in [1.165, 1.54) is 14.2 Å². The van der Waals surface area contributed by atoms with Crippen molar-refractivity contribution in [1.82, 2.24) is 9.80 Å². The Morgan fingerprint density at radius 1 is 0.702 bits per heavy atom. The van der Waals surface area contributed by atoms with Crippen LogP contribution in [-0.2, 0) is 0 Å². The van der Waals surface area contributed by atoms with Crippen LogP contribution in [-0.4, -0.2) is 77.8 Å². The van der Waals surface area contributed by atoms with Crippen LogP contribution in [0.4, 0.5) is 11.4 Å². The number of carbonyl (C=O) groups is 2. The van der Waals surface area contributed by atoms with Crippen LogP contribution >= 0.6 is 12.6 Å². The van der Waals surface area contributed by atoms with Gasteiger partial charge in [0.25, 0.3) is 11.8 Å². The van der Waals surface area contributed by atoms with Crippen LogP contribution in [0.2, 0.25) is 0 Å². The highest BCUT2D eigenvalue weighted by Gasteiger charge is 2.41. The van der Waals surface area contributed by atoms with E-state index in [9.17, 15) is 20.0 Å². The van der Waals surface area contributed by atoms with Gasteiger partial charge >= 0.3 is 0 Å². The molecule has 0 bridgehead atoms. The number of aliphatic hydroxyl groups excluding tert-OH is 1. The fourth-order valence-corrected chi connectivity index (χ4v) is 7.99. The number of hydrogen-bond acceptors (Lipinski definition) is 12. The fraction of sp³-hybridized carbons (Fsp3) is 0.256. The maximum Gasteiger partial charge on any atom is 0.260 e. The lowest BCUT2D eigenvalue weighted by molar-refractivity contribution is 0.0644. The normalized spacial score (nSPS) is 20.5. The predicted molar refractivity (Wildman–Crippen MR) is 215 cm³/mol. The molecule has 4 heterocycles. The summed E-state index contributed by atoms with van der Waals surface area (Å²) in [5.74, 6) is 1.11. The van der Waals surface area contributed by atoms with Crippen LogP contribution < -0.4 is 29.6 Å². The lowest BCUT2D eigenvalue weighted by Gasteiger charge is -2.25. The predicted octanol–water partition coefficient (Wildman–Crippen LogP) is 6.23. The minimum Gasteiger partial charge on any atom is -0.493 e. The van der Waals surface area contributed by atoms with E-state index in [1.807, 2.05) is 30.5 Å². The van der Waals surface area contributed by atoms with Gasteiger partial charge in [-0.3, -0.25) is 9.59 Å². The van der Waals surface area contributed by atoms with Gasteiger partial charge in [-0.2, -0.15) is 23.2 Å². The maximum absolute atomic E-state index is 13.9. The third-order valence-electron chi connectivity index (χ3n) is 10.6. The second-order valence-electron chi connectivity index (χ2n) is 14.0. The van der Waals surface area contributed by atoms with E-state index >= 15 is 0 Å². The van der Waals surface area contributed by atoms with Gasteiger partial charge in [0.15, 0.2) is 23.0 Å². The van der Waals surface area contributed by atoms with Gasteiger partial charge in [0.2, 0.25) is 0 Å². The maximum atomic E-state index is 13.9. The first-order valence-corrected chi connectivity index (χ1v) is 18.9. The van der Waals surface area contributed by atoms with E-state index in [1.54, 1.807) is 64.5 Å². The van der Waals surface area contributed by atoms with Gasteiger partial charge in [0.1, 0.15) is 6.23 Å². The number of aliphatic hydroxyl groups is 1. The van der Waals surface area contributed by atoms with Gasteiger partial charge in [0.05, 0.1) is 90.7 Å². The largest absolute Gasteiger partial charge is 0.493 e. The van der Waals surface area contributed by atoms with Crippen molar-refractivity contribution in [3.63, 3.8) is 0 Å². The van der Waals surface area contributed by atoms with E-state index in [-0.39, 0.29) is 36.4 Å². The third kappa shape index (κ3) is 7.05. The number of fused-ring (bicyclic) bond motifs is 4. The van der Waals surface area contributed by atoms with Crippen molar-refractivity contribution in [2.24, 2.45) is 0 Å². The molecule has 14 heteroatoms. The molecule has 8 rings (SSSR count). The molecule has 0 saturated carbocycles. The highest BCUT2D eigenvalue weighted by molar-refractivity contribution is 7.81. The summed E-state index contributed by atoms with van der Waals surface area (Å²) >= 11 is 4.84. The Kier molecular flexibility index (Phi) is 10.1. The van der Waals surface area contributed by atoms with Crippen LogP contribution in [0.15, 0.2) is 85.2 Å². The molecular formula is C43H38N6O7S. The number of methoxy groups -OCH3 is 2. The zero-order valence-corrected chi connectivity index (χ0v) is 32.0. The molecule has 13 nitrogen and oxygen atoms in total. The van der Waals surface area contributed by atoms with Crippen LogP contribution in [0.25, 0.3) is 11.1 Å². The number of hydrogen-bond donors (Lipinski definition) is 4. The summed E-state index contributed by atoms with van der Waals surface area (Å²) in [5.41, 5.74) is 6.55. The SMILES string of the molecule is COc1cc2c(cc1OCCCOc1cc3c(cc1OC)C(=O)N1C=C(c4ccc(C#N)cc4)C[C@H]1C(S)N3)NC(O)[C@@H]1CC(c3ccc(C#N)cc3)=CN1C2=O. The van der Waals surface area contributed by atoms with Gasteiger partial charge in [-0.05, 0) is 71.5 Å². The van der Waals surface area contributed by atoms with E-state index in [4.69, 9.17) is 36.8 Å². The van der Waals surface area contributed by atoms with Crippen LogP contribution in [0, 0.1) is 22.7 Å². The fourth-order valence-electron chi connectivity index (χ4n) is 7.60. The van der Waals surface area contributed by atoms with E-state index in [0.717, 1.165) is 22.3 Å². The lowest BCUT2D eigenvalue weighted by Crippen LogP contribution is -2.42. The van der Waals surface area contributed by atoms with Crippen molar-refractivity contribution < 1.29 is 33.6 Å². The average molecular weight is 783 g/mol. The number of carbonyl (C=O) groups excluding carboxylic acids is 2. The number of benzene rings is 4. The van der Waals surface area contributed by atoms with E-state index < -0.39 is 12.3 Å². The number of amides is 2. The highest BCUT2D eigenvalue weighted by Crippen LogP contribution is 2.43. The van der Waals surface area contributed by atoms with Crippen molar-refractivity contribution in [2.45, 2.75) is 42.9 Å². The summed E-state index contributed by atoms with van der Waals surface area (Å²) < 4.78 is 23.5. The molecule has 0 spiro atoms. The molecule has 57 heavy (non-hydrogen) atoms. The van der Waals surface area contributed by atoms with Crippen molar-refractivity contribution in [1.29, 1.82) is 10.5 Å². The Bertz CT molecular complexity index is 2240. The molecule has 0 saturated heterocycles. The monoisotopic (exact) mass is 782 g/mol. The van der Waals surface area contributed by atoms with Gasteiger partial charge in [-0.15, -0.1) is 0 Å². The number of nitrogens with zero attached hydrogens (tertiary/aromatic N) is 4. The van der Waals surface area contributed by atoms with E-state index in [0.29, 0.717) is 75.9 Å². The van der Waals surface area contributed by atoms with Crippen molar-refractivity contribution in [3.8, 4) is 35.1 Å². The first-order valence-electron chi connectivity index (χ1n) is 18.4. The second-order valence-corrected chi connectivity index (χ2v) is 14.5. The number of anilines is 2. The molecule has 2 unspecified atom stereocenters. The Balaban J connectivity index is 0.923. The standard InChI is InChI=1S/C43H38N6O7S/c1-53-36-16-30-32(46-40(50)34-14-28(22-48(34)42(30)51)26-8-4-24(20-44)5-9-26)18-38(36)55-12-3-13-56-39-19-33-31(17-37(39)54-2)43(52)49-23-29(15-35(49)41(57)47-33)27-10-6-25(21-45)7-11-27/h4-11,16-19,22-23,34-35,40-41,46-47,50,57H,3,12-15H2,1-2H3/t34-,35-,40?,41?/m0/s1. The van der Waals surface area contributed by atoms with Crippen LogP contribution in [0.3, 0.4) is 0 Å². The molecule has 2 amide bonds. The molecule has 0 aromatic heterocycles. The molecule has 0 radical (unpaired) electrons. The first kappa shape index (κ1) is 37.3. The molecule has 3 N–H and O–H groups in total. The molecule has 0 aliphatic carbocycles. The summed E-state index contributed by atoms with van der Waals surface area (Å²) in [6.07, 6.45) is 4.04. The molecule has 4 aliphatic heterocycles. The minimum atomic E-state index is -1.06. The van der Waals surface area contributed by atoms with Crippen molar-refractivity contribution in [3.05, 3.63) is 119 Å². The minimum absolute atomic E-state index is 0.191. The third-order valence-corrected chi connectivity index (χ3v) is 11.1. The van der Waals surface area contributed by atoms with Crippen LogP contribution in [0.1, 0.15) is 62.2 Å². The molecule has 4 aliphatic rings. The van der Waals surface area contributed by atoms with Gasteiger partial charge < -0.3 is 44.5 Å². The van der Waals surface area contributed by atoms with Crippen molar-refractivity contribution in [2.75, 3.05) is 38.1 Å². The number of ether oxygens (including phenoxy) is 4. The summed E-state index contributed by atoms with van der Waals surface area (Å²) in [5, 5.41) is 35.6. The number of nitrogens with one attached hydrogen (secondary N) is 2. The van der Waals surface area contributed by atoms with Crippen LogP contribution in [0.5, 0.6) is 23.0 Å². The zero-order chi connectivity index (χ0) is 39.8. The van der Waals surface area contributed by atoms with Gasteiger partial charge in [0, 0.05) is 31.0 Å². The number of rotatable bonds is 10. The molecule has 0 fully saturated rings. The first-order chi connectivity index (χ1) is 27.7. The Hall–Kier alpha value is -6.61. The Morgan fingerprint density at radius 2 is 1.16 bits per heavy atom. The Morgan fingerprint density at radius 3 is 1.63 bits per heavy atom.